The van der Waals surface area contributed by atoms with Crippen molar-refractivity contribution in [3.05, 3.63) is 225 Å². The first-order valence-electron chi connectivity index (χ1n) is 21.9. The van der Waals surface area contributed by atoms with Crippen LogP contribution in [0.15, 0.2) is 225 Å². The van der Waals surface area contributed by atoms with Crippen molar-refractivity contribution in [2.75, 3.05) is 4.90 Å². The van der Waals surface area contributed by atoms with Crippen molar-refractivity contribution in [1.29, 1.82) is 0 Å². The van der Waals surface area contributed by atoms with E-state index in [-0.39, 0.29) is 0 Å². The van der Waals surface area contributed by atoms with Crippen molar-refractivity contribution in [2.45, 2.75) is 0 Å². The molecule has 0 fully saturated rings. The van der Waals surface area contributed by atoms with Crippen LogP contribution >= 0.6 is 0 Å². The summed E-state index contributed by atoms with van der Waals surface area (Å²) in [4.78, 5) is 21.1. The molecule has 0 atom stereocenters. The van der Waals surface area contributed by atoms with Crippen LogP contribution in [0.25, 0.3) is 109 Å². The van der Waals surface area contributed by atoms with Gasteiger partial charge in [-0.1, -0.05) is 115 Å². The second kappa shape index (κ2) is 14.9. The summed E-state index contributed by atoms with van der Waals surface area (Å²) >= 11 is 0. The summed E-state index contributed by atoms with van der Waals surface area (Å²) in [6, 6.07) is 69.9. The molecule has 0 saturated heterocycles. The summed E-state index contributed by atoms with van der Waals surface area (Å²) in [6.07, 6.45) is 9.54. The molecule has 0 N–H and O–H groups in total. The molecule has 0 spiro atoms. The van der Waals surface area contributed by atoms with E-state index in [4.69, 9.17) is 9.97 Å². The molecule has 302 valence electrons. The van der Waals surface area contributed by atoms with Crippen molar-refractivity contribution in [2.24, 2.45) is 0 Å². The molecule has 0 saturated carbocycles. The van der Waals surface area contributed by atoms with Gasteiger partial charge < -0.3 is 4.90 Å². The average molecular weight is 828 g/mol. The van der Waals surface area contributed by atoms with Gasteiger partial charge in [0.2, 0.25) is 0 Å². The van der Waals surface area contributed by atoms with Crippen LogP contribution in [0.5, 0.6) is 0 Å². The summed E-state index contributed by atoms with van der Waals surface area (Å²) in [5.74, 6) is 0. The number of hydrogen-bond acceptors (Lipinski definition) is 5. The molecule has 13 aromatic rings. The molecule has 0 aliphatic rings. The second-order valence-corrected chi connectivity index (χ2v) is 16.8. The first-order valence-corrected chi connectivity index (χ1v) is 21.9. The third kappa shape index (κ3) is 6.40. The number of nitrogens with zero attached hydrogens (tertiary/aromatic N) is 5. The summed E-state index contributed by atoms with van der Waals surface area (Å²) in [7, 11) is 0. The first-order chi connectivity index (χ1) is 32.2. The van der Waals surface area contributed by atoms with Crippen molar-refractivity contribution in [1.82, 2.24) is 19.9 Å². The summed E-state index contributed by atoms with van der Waals surface area (Å²) in [6.45, 7) is 0. The number of pyridine rings is 4. The molecule has 0 aliphatic heterocycles. The smallest absolute Gasteiger partial charge is 0.0708 e. The SMILES string of the molecule is c1ccc2cc(-c3ccc4c(ccc5cc(N(c6ccc(-c7cc8ccc9cnccc9c8cn7)cc6)c6ccc(-c7cc8ccc9ncccc9c8cn7)cc6)ccc54)c3)ccc2c1. The Morgan fingerprint density at radius 2 is 0.800 bits per heavy atom. The van der Waals surface area contributed by atoms with Gasteiger partial charge in [-0.05, 0) is 138 Å². The number of rotatable bonds is 6. The Morgan fingerprint density at radius 3 is 1.52 bits per heavy atom. The topological polar surface area (TPSA) is 54.8 Å². The number of anilines is 3. The lowest BCUT2D eigenvalue weighted by Gasteiger charge is -2.26. The van der Waals surface area contributed by atoms with Gasteiger partial charge in [-0.25, -0.2) is 0 Å². The Kier molecular flexibility index (Phi) is 8.46. The molecule has 4 aromatic heterocycles. The molecule has 0 radical (unpaired) electrons. The van der Waals surface area contributed by atoms with Gasteiger partial charge in [0.25, 0.3) is 0 Å². The highest BCUT2D eigenvalue weighted by Crippen LogP contribution is 2.40. The van der Waals surface area contributed by atoms with E-state index in [0.717, 1.165) is 82.8 Å². The van der Waals surface area contributed by atoms with Gasteiger partial charge in [0.1, 0.15) is 0 Å². The van der Waals surface area contributed by atoms with Crippen molar-refractivity contribution >= 4 is 92.6 Å². The molecule has 0 aliphatic carbocycles. The van der Waals surface area contributed by atoms with Gasteiger partial charge >= 0.3 is 0 Å². The minimum absolute atomic E-state index is 0.928. The van der Waals surface area contributed by atoms with Gasteiger partial charge in [0.05, 0.1) is 16.9 Å². The molecule has 5 nitrogen and oxygen atoms in total. The molecule has 0 bridgehead atoms. The van der Waals surface area contributed by atoms with Crippen LogP contribution in [-0.4, -0.2) is 19.9 Å². The normalized spacial score (nSPS) is 11.7. The lowest BCUT2D eigenvalue weighted by Crippen LogP contribution is -2.10. The van der Waals surface area contributed by atoms with Crippen molar-refractivity contribution in [3.8, 4) is 33.6 Å². The summed E-state index contributed by atoms with van der Waals surface area (Å²) in [5.41, 5.74) is 10.5. The zero-order valence-corrected chi connectivity index (χ0v) is 35.1. The minimum Gasteiger partial charge on any atom is -0.310 e. The van der Waals surface area contributed by atoms with E-state index >= 15 is 0 Å². The molecule has 9 aromatic carbocycles. The van der Waals surface area contributed by atoms with Crippen molar-refractivity contribution < 1.29 is 0 Å². The van der Waals surface area contributed by atoms with E-state index in [2.05, 4.69) is 203 Å². The van der Waals surface area contributed by atoms with E-state index < -0.39 is 0 Å². The third-order valence-electron chi connectivity index (χ3n) is 13.0. The molecular weight excluding hydrogens is 791 g/mol. The fraction of sp³-hybridized carbons (Fsp3) is 0. The highest BCUT2D eigenvalue weighted by Gasteiger charge is 2.16. The van der Waals surface area contributed by atoms with E-state index in [1.54, 1.807) is 0 Å². The molecule has 5 heteroatoms. The summed E-state index contributed by atoms with van der Waals surface area (Å²) in [5, 5.41) is 15.3. The van der Waals surface area contributed by atoms with Gasteiger partial charge in [0.15, 0.2) is 0 Å². The lowest BCUT2D eigenvalue weighted by atomic mass is 9.96. The van der Waals surface area contributed by atoms with Crippen LogP contribution < -0.4 is 4.90 Å². The first kappa shape index (κ1) is 36.8. The maximum atomic E-state index is 4.94. The molecular formula is C60H37N5. The average Bonchev–Trinajstić information content (AvgIpc) is 3.38. The third-order valence-corrected chi connectivity index (χ3v) is 13.0. The van der Waals surface area contributed by atoms with Crippen molar-refractivity contribution in [3.63, 3.8) is 0 Å². The predicted molar refractivity (Wildman–Crippen MR) is 271 cm³/mol. The highest BCUT2D eigenvalue weighted by molar-refractivity contribution is 6.11. The maximum Gasteiger partial charge on any atom is 0.0708 e. The van der Waals surface area contributed by atoms with Gasteiger partial charge in [-0.15, -0.1) is 0 Å². The Morgan fingerprint density at radius 1 is 0.277 bits per heavy atom. The zero-order valence-electron chi connectivity index (χ0n) is 35.1. The van der Waals surface area contributed by atoms with Crippen LogP contribution in [0.4, 0.5) is 17.1 Å². The standard InChI is InChI=1S/C60H37N5/c1-2-5-41-30-42(8-7-38(41)4-1)43-17-24-52-44(31-43)9-10-45-32-51(23-25-53(45)52)65(49-19-13-39(14-20-49)59-33-46-11-12-48-35-61-29-27-54(48)56(46)36-63-59)50-21-15-40(16-22-50)60-34-47-18-26-58-55(6-3-28-62-58)57(47)37-64-60/h1-37H. The minimum atomic E-state index is 0.928. The number of fused-ring (bicyclic) bond motifs is 10. The Labute approximate surface area is 374 Å². The zero-order chi connectivity index (χ0) is 42.8. The second-order valence-electron chi connectivity index (χ2n) is 16.8. The van der Waals surface area contributed by atoms with E-state index in [0.29, 0.717) is 0 Å². The van der Waals surface area contributed by atoms with Crippen LogP contribution in [0.3, 0.4) is 0 Å². The Balaban J connectivity index is 0.882. The van der Waals surface area contributed by atoms with Crippen LogP contribution in [-0.2, 0) is 0 Å². The highest BCUT2D eigenvalue weighted by atomic mass is 15.1. The number of benzene rings is 9. The fourth-order valence-electron chi connectivity index (χ4n) is 9.65. The van der Waals surface area contributed by atoms with Gasteiger partial charge in [-0.3, -0.25) is 19.9 Å². The Hall–Kier alpha value is -8.80. The number of aromatic nitrogens is 4. The predicted octanol–water partition coefficient (Wildman–Crippen LogP) is 15.8. The number of hydrogen-bond donors (Lipinski definition) is 0. The van der Waals surface area contributed by atoms with Crippen LogP contribution in [0.2, 0.25) is 0 Å². The maximum absolute atomic E-state index is 4.94. The van der Waals surface area contributed by atoms with Crippen LogP contribution in [0, 0.1) is 0 Å². The van der Waals surface area contributed by atoms with Crippen LogP contribution in [0.1, 0.15) is 0 Å². The summed E-state index contributed by atoms with van der Waals surface area (Å²) < 4.78 is 0. The van der Waals surface area contributed by atoms with Gasteiger partial charge in [0, 0.05) is 80.7 Å². The quantitative estimate of drug-likeness (QED) is 0.156. The molecule has 65 heavy (non-hydrogen) atoms. The molecule has 4 heterocycles. The van der Waals surface area contributed by atoms with E-state index in [1.807, 2.05) is 37.1 Å². The largest absolute Gasteiger partial charge is 0.310 e. The molecule has 0 unspecified atom stereocenters. The van der Waals surface area contributed by atoms with E-state index in [9.17, 15) is 0 Å². The van der Waals surface area contributed by atoms with Gasteiger partial charge in [-0.2, -0.15) is 0 Å². The van der Waals surface area contributed by atoms with E-state index in [1.165, 1.54) is 43.4 Å². The molecule has 13 rings (SSSR count). The lowest BCUT2D eigenvalue weighted by molar-refractivity contribution is 1.28. The molecule has 0 amide bonds. The fourth-order valence-corrected chi connectivity index (χ4v) is 9.65. The monoisotopic (exact) mass is 827 g/mol. The Bertz CT molecular complexity index is 3850.